The zero-order valence-electron chi connectivity index (χ0n) is 14.9. The van der Waals surface area contributed by atoms with Crippen LogP contribution in [-0.4, -0.2) is 30.0 Å². The minimum Gasteiger partial charge on any atom is -0.488 e. The number of likely N-dealkylation sites (tertiary alicyclic amines) is 1. The van der Waals surface area contributed by atoms with Gasteiger partial charge in [0.2, 0.25) is 0 Å². The Labute approximate surface area is 160 Å². The van der Waals surface area contributed by atoms with Gasteiger partial charge in [-0.15, -0.1) is 0 Å². The summed E-state index contributed by atoms with van der Waals surface area (Å²) in [5.41, 5.74) is 2.51. The molecule has 2 aromatic heterocycles. The van der Waals surface area contributed by atoms with E-state index >= 15 is 0 Å². The number of thiophene rings is 1. The molecule has 1 saturated heterocycles. The molecule has 1 aliphatic heterocycles. The molecule has 0 saturated carbocycles. The van der Waals surface area contributed by atoms with Crippen LogP contribution in [0.5, 0.6) is 5.75 Å². The highest BCUT2D eigenvalue weighted by atomic mass is 32.1. The maximum atomic E-state index is 12.8. The normalized spacial score (nSPS) is 16.5. The van der Waals surface area contributed by atoms with Gasteiger partial charge in [-0.05, 0) is 47.0 Å². The number of hydrogen-bond acceptors (Lipinski definition) is 5. The molecule has 4 rings (SSSR count). The third-order valence-electron chi connectivity index (χ3n) is 4.59. The lowest BCUT2D eigenvalue weighted by Crippen LogP contribution is -2.31. The van der Waals surface area contributed by atoms with Gasteiger partial charge < -0.3 is 14.1 Å². The Balaban J connectivity index is 1.41. The van der Waals surface area contributed by atoms with Crippen molar-refractivity contribution in [3.63, 3.8) is 0 Å². The van der Waals surface area contributed by atoms with Crippen LogP contribution in [0.25, 0.3) is 11.1 Å². The van der Waals surface area contributed by atoms with Gasteiger partial charge in [0.05, 0.1) is 12.6 Å². The van der Waals surface area contributed by atoms with E-state index < -0.39 is 5.63 Å². The highest BCUT2D eigenvalue weighted by molar-refractivity contribution is 7.08. The Morgan fingerprint density at radius 2 is 2.00 bits per heavy atom. The van der Waals surface area contributed by atoms with Crippen molar-refractivity contribution < 1.29 is 13.9 Å². The van der Waals surface area contributed by atoms with Gasteiger partial charge in [-0.25, -0.2) is 4.79 Å². The highest BCUT2D eigenvalue weighted by Crippen LogP contribution is 2.24. The molecule has 6 heteroatoms. The van der Waals surface area contributed by atoms with Crippen molar-refractivity contribution in [3.8, 4) is 16.9 Å². The molecule has 0 radical (unpaired) electrons. The van der Waals surface area contributed by atoms with Gasteiger partial charge in [-0.2, -0.15) is 11.3 Å². The van der Waals surface area contributed by atoms with Gasteiger partial charge >= 0.3 is 5.63 Å². The Morgan fingerprint density at radius 1 is 1.19 bits per heavy atom. The fraction of sp³-hybridized carbons (Fsp3) is 0.238. The van der Waals surface area contributed by atoms with Crippen LogP contribution in [0.15, 0.2) is 62.4 Å². The van der Waals surface area contributed by atoms with Gasteiger partial charge in [0.25, 0.3) is 5.91 Å². The number of amides is 1. The molecule has 3 heterocycles. The van der Waals surface area contributed by atoms with Crippen LogP contribution >= 0.6 is 11.3 Å². The van der Waals surface area contributed by atoms with Crippen molar-refractivity contribution in [2.45, 2.75) is 19.4 Å². The Bertz CT molecular complexity index is 992. The SMILES string of the molecule is Cc1cc(OC2CCN(C(=O)c3ccc(-c4ccsc4)cc3)C2)cc(=O)o1. The average Bonchev–Trinajstić information content (AvgIpc) is 3.32. The van der Waals surface area contributed by atoms with Crippen molar-refractivity contribution in [2.24, 2.45) is 0 Å². The maximum Gasteiger partial charge on any atom is 0.339 e. The van der Waals surface area contributed by atoms with Gasteiger partial charge in [0.15, 0.2) is 0 Å². The van der Waals surface area contributed by atoms with E-state index in [-0.39, 0.29) is 12.0 Å². The van der Waals surface area contributed by atoms with E-state index in [9.17, 15) is 9.59 Å². The molecule has 138 valence electrons. The van der Waals surface area contributed by atoms with Crippen molar-refractivity contribution in [1.82, 2.24) is 4.90 Å². The number of nitrogens with zero attached hydrogens (tertiary/aromatic N) is 1. The first-order valence-electron chi connectivity index (χ1n) is 8.79. The van der Waals surface area contributed by atoms with Crippen LogP contribution in [-0.2, 0) is 0 Å². The lowest BCUT2D eigenvalue weighted by Gasteiger charge is -2.17. The second-order valence-corrected chi connectivity index (χ2v) is 7.37. The number of aryl methyl sites for hydroxylation is 1. The molecule has 1 fully saturated rings. The molecule has 5 nitrogen and oxygen atoms in total. The fourth-order valence-electron chi connectivity index (χ4n) is 3.26. The van der Waals surface area contributed by atoms with E-state index in [1.165, 1.54) is 6.07 Å². The second kappa shape index (κ2) is 7.40. The minimum atomic E-state index is -0.429. The molecular weight excluding hydrogens is 362 g/mol. The molecular formula is C21H19NO4S. The van der Waals surface area contributed by atoms with E-state index in [2.05, 4.69) is 11.4 Å². The number of benzene rings is 1. The largest absolute Gasteiger partial charge is 0.488 e. The molecule has 1 aliphatic rings. The molecule has 0 spiro atoms. The molecule has 0 N–H and O–H groups in total. The lowest BCUT2D eigenvalue weighted by atomic mass is 10.1. The first-order chi connectivity index (χ1) is 13.1. The zero-order chi connectivity index (χ0) is 18.8. The standard InChI is InChI=1S/C21H19NO4S/c1-14-10-19(11-20(23)25-14)26-18-6-8-22(12-18)21(24)16-4-2-15(3-5-16)17-7-9-27-13-17/h2-5,7,9-11,13,18H,6,8,12H2,1H3. The number of carbonyl (C=O) groups excluding carboxylic acids is 1. The minimum absolute atomic E-state index is 0.00160. The summed E-state index contributed by atoms with van der Waals surface area (Å²) in [6, 6.07) is 12.8. The second-order valence-electron chi connectivity index (χ2n) is 6.59. The summed E-state index contributed by atoms with van der Waals surface area (Å²) in [6.45, 7) is 2.85. The summed E-state index contributed by atoms with van der Waals surface area (Å²) in [6.07, 6.45) is 0.609. The maximum absolute atomic E-state index is 12.8. The predicted octanol–water partition coefficient (Wildman–Crippen LogP) is 3.97. The van der Waals surface area contributed by atoms with Crippen LogP contribution in [0, 0.1) is 6.92 Å². The van der Waals surface area contributed by atoms with Crippen LogP contribution in [0.3, 0.4) is 0 Å². The van der Waals surface area contributed by atoms with Gasteiger partial charge in [0.1, 0.15) is 17.6 Å². The summed E-state index contributed by atoms with van der Waals surface area (Å²) in [5.74, 6) is 0.999. The Kier molecular flexibility index (Phi) is 4.81. The number of carbonyl (C=O) groups is 1. The average molecular weight is 381 g/mol. The summed E-state index contributed by atoms with van der Waals surface area (Å²) in [4.78, 5) is 26.0. The molecule has 0 aliphatic carbocycles. The van der Waals surface area contributed by atoms with Crippen molar-refractivity contribution >= 4 is 17.2 Å². The lowest BCUT2D eigenvalue weighted by molar-refractivity contribution is 0.0772. The topological polar surface area (TPSA) is 59.8 Å². The predicted molar refractivity (Wildman–Crippen MR) is 104 cm³/mol. The number of hydrogen-bond donors (Lipinski definition) is 0. The number of ether oxygens (including phenoxy) is 1. The Hall–Kier alpha value is -2.86. The van der Waals surface area contributed by atoms with Gasteiger partial charge in [0, 0.05) is 24.6 Å². The summed E-state index contributed by atoms with van der Waals surface area (Å²) >= 11 is 1.65. The first-order valence-corrected chi connectivity index (χ1v) is 9.73. The quantitative estimate of drug-likeness (QED) is 0.686. The molecule has 1 unspecified atom stereocenters. The highest BCUT2D eigenvalue weighted by Gasteiger charge is 2.28. The Morgan fingerprint density at radius 3 is 2.70 bits per heavy atom. The van der Waals surface area contributed by atoms with Crippen LogP contribution in [0.4, 0.5) is 0 Å². The van der Waals surface area contributed by atoms with E-state index in [4.69, 9.17) is 9.15 Å². The molecule has 27 heavy (non-hydrogen) atoms. The van der Waals surface area contributed by atoms with Crippen molar-refractivity contribution in [3.05, 3.63) is 75.0 Å². The van der Waals surface area contributed by atoms with Crippen LogP contribution in [0.1, 0.15) is 22.5 Å². The molecule has 1 atom stereocenters. The summed E-state index contributed by atoms with van der Waals surface area (Å²) < 4.78 is 10.8. The smallest absolute Gasteiger partial charge is 0.339 e. The first kappa shape index (κ1) is 17.5. The zero-order valence-corrected chi connectivity index (χ0v) is 15.7. The van der Waals surface area contributed by atoms with Crippen molar-refractivity contribution in [2.75, 3.05) is 13.1 Å². The van der Waals surface area contributed by atoms with Gasteiger partial charge in [-0.3, -0.25) is 4.79 Å². The van der Waals surface area contributed by atoms with E-state index in [0.29, 0.717) is 30.2 Å². The molecule has 1 amide bonds. The molecule has 3 aromatic rings. The van der Waals surface area contributed by atoms with E-state index in [1.807, 2.05) is 29.6 Å². The van der Waals surface area contributed by atoms with E-state index in [0.717, 1.165) is 17.5 Å². The third kappa shape index (κ3) is 3.95. The van der Waals surface area contributed by atoms with Crippen LogP contribution in [0.2, 0.25) is 0 Å². The number of rotatable bonds is 4. The summed E-state index contributed by atoms with van der Waals surface area (Å²) in [5, 5.41) is 4.13. The van der Waals surface area contributed by atoms with E-state index in [1.54, 1.807) is 29.2 Å². The van der Waals surface area contributed by atoms with Crippen molar-refractivity contribution in [1.29, 1.82) is 0 Å². The van der Waals surface area contributed by atoms with Gasteiger partial charge in [-0.1, -0.05) is 12.1 Å². The van der Waals surface area contributed by atoms with Crippen LogP contribution < -0.4 is 10.4 Å². The summed E-state index contributed by atoms with van der Waals surface area (Å²) in [7, 11) is 0. The molecule has 0 bridgehead atoms. The molecule has 1 aromatic carbocycles. The fourth-order valence-corrected chi connectivity index (χ4v) is 3.93. The third-order valence-corrected chi connectivity index (χ3v) is 5.27. The monoisotopic (exact) mass is 381 g/mol.